The second-order valence-electron chi connectivity index (χ2n) is 7.55. The van der Waals surface area contributed by atoms with Gasteiger partial charge >= 0.3 is 11.9 Å². The van der Waals surface area contributed by atoms with E-state index in [-0.39, 0.29) is 63.3 Å². The van der Waals surface area contributed by atoms with Crippen molar-refractivity contribution < 1.29 is 52.0 Å². The number of carbonyl (C=O) groups excluding carboxylic acids is 1. The van der Waals surface area contributed by atoms with Crippen LogP contribution in [0.3, 0.4) is 0 Å². The molecule has 2 aromatic rings. The molecule has 0 bridgehead atoms. The molecule has 216 valence electrons. The summed E-state index contributed by atoms with van der Waals surface area (Å²) in [7, 11) is 1.79. The van der Waals surface area contributed by atoms with Crippen molar-refractivity contribution in [2.24, 2.45) is 0 Å². The molecular weight excluding hydrogens is 514 g/mol. The van der Waals surface area contributed by atoms with Gasteiger partial charge in [-0.05, 0) is 30.7 Å². The number of aromatic amines is 1. The maximum Gasteiger partial charge on any atom is 0.326 e. The minimum atomic E-state index is -1.30. The number of aliphatic carboxylic acids is 2. The first-order chi connectivity index (χ1) is 15.7. The highest BCUT2D eigenvalue weighted by Gasteiger charge is 2.27. The Morgan fingerprint density at radius 3 is 2.29 bits per heavy atom. The Hall–Kier alpha value is -4.49. The third kappa shape index (κ3) is 9.19. The largest absolute Gasteiger partial charge is 0.481 e. The molecule has 0 radical (unpaired) electrons. The van der Waals surface area contributed by atoms with Gasteiger partial charge < -0.3 is 64.2 Å². The molecule has 18 N–H and O–H groups in total. The van der Waals surface area contributed by atoms with E-state index >= 15 is 0 Å². The second kappa shape index (κ2) is 16.3. The molecule has 3 rings (SSSR count). The van der Waals surface area contributed by atoms with Gasteiger partial charge in [-0.15, -0.1) is 0 Å². The number of nitrogen functional groups attached to an aromatic ring is 1. The number of nitrogens with one attached hydrogen (secondary N) is 4. The number of hydrogen-bond donors (Lipinski definition) is 7. The fourth-order valence-electron chi connectivity index (χ4n) is 3.42. The number of nitrogens with zero attached hydrogens (tertiary/aromatic N) is 2. The number of hydrogen-bond acceptors (Lipinski definition) is 9. The van der Waals surface area contributed by atoms with E-state index in [0.29, 0.717) is 24.6 Å². The van der Waals surface area contributed by atoms with Crippen LogP contribution in [0.25, 0.3) is 0 Å². The molecule has 0 saturated heterocycles. The lowest BCUT2D eigenvalue weighted by atomic mass is 10.1. The highest BCUT2D eigenvalue weighted by molar-refractivity contribution is 5.97. The van der Waals surface area contributed by atoms with Crippen molar-refractivity contribution in [1.82, 2.24) is 15.3 Å². The Kier molecular flexibility index (Phi) is 16.3. The van der Waals surface area contributed by atoms with E-state index in [9.17, 15) is 24.3 Å². The van der Waals surface area contributed by atoms with E-state index in [0.717, 1.165) is 5.69 Å². The summed E-state index contributed by atoms with van der Waals surface area (Å²) in [6.45, 7) is 1.01. The maximum atomic E-state index is 12.3. The lowest BCUT2D eigenvalue weighted by molar-refractivity contribution is -0.140. The quantitative estimate of drug-likeness (QED) is 0.156. The van der Waals surface area contributed by atoms with Gasteiger partial charge in [0.05, 0.1) is 6.04 Å². The summed E-state index contributed by atoms with van der Waals surface area (Å²) >= 11 is 0. The zero-order valence-electron chi connectivity index (χ0n) is 20.3. The van der Waals surface area contributed by atoms with E-state index in [1.165, 1.54) is 12.1 Å². The molecule has 2 atom stereocenters. The van der Waals surface area contributed by atoms with Crippen LogP contribution in [0.4, 0.5) is 23.1 Å². The maximum absolute atomic E-state index is 12.3. The molecule has 18 heteroatoms. The molecule has 1 aromatic carbocycles. The number of fused-ring (bicyclic) bond motifs is 1. The number of carboxylic acid groups (broad SMARTS) is 2. The standard InChI is InChI=1S/C20H25N7O6.5H2O/c1-27-12(9-23-16-15(27)18(31)26-20(21)25-16)8-22-11-4-2-10(3-5-11)17(30)24-13(19(32)33)6-7-14(28)29;;;;;/h2-5,12-13,22H,6-9H2,1H3,(H,24,30)(H,28,29)(H,32,33)(H4,21,23,25,26,31);5*1H2. The van der Waals surface area contributed by atoms with Gasteiger partial charge in [0.2, 0.25) is 5.95 Å². The Morgan fingerprint density at radius 2 is 1.74 bits per heavy atom. The highest BCUT2D eigenvalue weighted by Crippen LogP contribution is 2.25. The number of amides is 1. The average Bonchev–Trinajstić information content (AvgIpc) is 2.75. The van der Waals surface area contributed by atoms with Gasteiger partial charge in [-0.3, -0.25) is 19.4 Å². The van der Waals surface area contributed by atoms with Crippen molar-refractivity contribution in [3.05, 3.63) is 40.2 Å². The van der Waals surface area contributed by atoms with Gasteiger partial charge in [0, 0.05) is 37.8 Å². The molecule has 38 heavy (non-hydrogen) atoms. The topological polar surface area (TPSA) is 360 Å². The predicted molar refractivity (Wildman–Crippen MR) is 139 cm³/mol. The number of carboxylic acids is 2. The Morgan fingerprint density at radius 1 is 1.13 bits per heavy atom. The first kappa shape index (κ1) is 38.0. The van der Waals surface area contributed by atoms with Crippen LogP contribution in [0.2, 0.25) is 0 Å². The molecule has 1 amide bonds. The van der Waals surface area contributed by atoms with Crippen LogP contribution in [0.5, 0.6) is 0 Å². The van der Waals surface area contributed by atoms with Gasteiger partial charge in [0.1, 0.15) is 11.7 Å². The monoisotopic (exact) mass is 549 g/mol. The summed E-state index contributed by atoms with van der Waals surface area (Å²) in [6, 6.07) is 5.03. The fourth-order valence-corrected chi connectivity index (χ4v) is 3.42. The van der Waals surface area contributed by atoms with Crippen LogP contribution in [0.15, 0.2) is 29.1 Å². The number of likely N-dealkylation sites (N-methyl/N-ethyl adjacent to an activating group) is 1. The molecule has 2 heterocycles. The molecule has 2 unspecified atom stereocenters. The zero-order chi connectivity index (χ0) is 24.1. The molecule has 1 aliphatic rings. The molecule has 0 aliphatic carbocycles. The molecule has 0 saturated carbocycles. The minimum Gasteiger partial charge on any atom is -0.481 e. The van der Waals surface area contributed by atoms with E-state index in [4.69, 9.17) is 10.8 Å². The van der Waals surface area contributed by atoms with Crippen LogP contribution in [-0.2, 0) is 9.59 Å². The third-order valence-corrected chi connectivity index (χ3v) is 5.26. The van der Waals surface area contributed by atoms with Gasteiger partial charge in [-0.1, -0.05) is 0 Å². The van der Waals surface area contributed by atoms with E-state index in [1.807, 2.05) is 4.90 Å². The van der Waals surface area contributed by atoms with Crippen molar-refractivity contribution in [1.29, 1.82) is 0 Å². The number of carbonyl (C=O) groups is 3. The molecule has 1 aromatic heterocycles. The van der Waals surface area contributed by atoms with E-state index in [1.54, 1.807) is 19.2 Å². The van der Waals surface area contributed by atoms with Crippen molar-refractivity contribution >= 4 is 41.0 Å². The summed E-state index contributed by atoms with van der Waals surface area (Å²) in [6.07, 6.45) is -0.586. The van der Waals surface area contributed by atoms with Crippen LogP contribution < -0.4 is 32.1 Å². The smallest absolute Gasteiger partial charge is 0.326 e. The predicted octanol–water partition coefficient (Wildman–Crippen LogP) is -4.38. The van der Waals surface area contributed by atoms with Gasteiger partial charge in [0.15, 0.2) is 5.82 Å². The first-order valence-corrected chi connectivity index (χ1v) is 10.1. The molecule has 18 nitrogen and oxygen atoms in total. The van der Waals surface area contributed by atoms with Crippen molar-refractivity contribution in [2.45, 2.75) is 24.9 Å². The molecule has 1 aliphatic heterocycles. The van der Waals surface area contributed by atoms with Gasteiger partial charge in [-0.2, -0.15) is 4.98 Å². The fraction of sp³-hybridized carbons (Fsp3) is 0.350. The average molecular weight is 550 g/mol. The summed E-state index contributed by atoms with van der Waals surface area (Å²) in [5.41, 5.74) is 6.59. The minimum absolute atomic E-state index is 0. The Labute approximate surface area is 215 Å². The van der Waals surface area contributed by atoms with Crippen LogP contribution >= 0.6 is 0 Å². The lowest BCUT2D eigenvalue weighted by Gasteiger charge is -2.35. The van der Waals surface area contributed by atoms with Gasteiger partial charge in [0.25, 0.3) is 11.5 Å². The number of anilines is 4. The summed E-state index contributed by atoms with van der Waals surface area (Å²) < 4.78 is 0. The van der Waals surface area contributed by atoms with Crippen LogP contribution in [0.1, 0.15) is 23.2 Å². The Balaban J connectivity index is -0.00000245. The normalized spacial score (nSPS) is 13.6. The summed E-state index contributed by atoms with van der Waals surface area (Å²) in [5.74, 6) is -2.59. The van der Waals surface area contributed by atoms with Crippen molar-refractivity contribution in [3.63, 3.8) is 0 Å². The van der Waals surface area contributed by atoms with Crippen molar-refractivity contribution in [2.75, 3.05) is 41.4 Å². The summed E-state index contributed by atoms with van der Waals surface area (Å²) in [4.78, 5) is 54.9. The van der Waals surface area contributed by atoms with E-state index in [2.05, 4.69) is 25.9 Å². The molecule has 0 spiro atoms. The zero-order valence-corrected chi connectivity index (χ0v) is 20.3. The number of rotatable bonds is 9. The van der Waals surface area contributed by atoms with E-state index < -0.39 is 23.9 Å². The molecular formula is C20H35N7O11. The first-order valence-electron chi connectivity index (χ1n) is 10.1. The third-order valence-electron chi connectivity index (χ3n) is 5.26. The molecule has 0 fully saturated rings. The van der Waals surface area contributed by atoms with Gasteiger partial charge in [-0.25, -0.2) is 4.79 Å². The summed E-state index contributed by atoms with van der Waals surface area (Å²) in [5, 5.41) is 26.6. The number of H-pyrrole nitrogens is 1. The van der Waals surface area contributed by atoms with Crippen LogP contribution in [-0.4, -0.2) is 97.6 Å². The highest BCUT2D eigenvalue weighted by atomic mass is 16.4. The Bertz CT molecular complexity index is 1110. The van der Waals surface area contributed by atoms with Crippen molar-refractivity contribution in [3.8, 4) is 0 Å². The van der Waals surface area contributed by atoms with Crippen LogP contribution in [0, 0.1) is 0 Å². The second-order valence-corrected chi connectivity index (χ2v) is 7.55. The lowest BCUT2D eigenvalue weighted by Crippen LogP contribution is -2.48. The SMILES string of the molecule is CN1c2c(nc(N)[nH]c2=O)NCC1CNc1ccc(C(=O)NC(CCC(=O)O)C(=O)O)cc1.O.O.O.O.O. The number of benzene rings is 1. The number of aromatic nitrogens is 2. The number of nitrogens with two attached hydrogens (primary N) is 1.